The quantitative estimate of drug-likeness (QED) is 0.724. The second-order valence-electron chi connectivity index (χ2n) is 4.98. The zero-order valence-corrected chi connectivity index (χ0v) is 12.2. The van der Waals surface area contributed by atoms with E-state index in [-0.39, 0.29) is 6.04 Å². The van der Waals surface area contributed by atoms with Crippen molar-refractivity contribution in [3.8, 4) is 5.75 Å². The van der Waals surface area contributed by atoms with Gasteiger partial charge in [0.2, 0.25) is 0 Å². The number of hydrogen-bond acceptors (Lipinski definition) is 3. The SMILES string of the molecule is CCCCOc1ccc(CNC(C)c2cn[nH]c2)cc1. The van der Waals surface area contributed by atoms with E-state index >= 15 is 0 Å². The van der Waals surface area contributed by atoms with Crippen LogP contribution in [0.15, 0.2) is 36.7 Å². The second-order valence-corrected chi connectivity index (χ2v) is 4.98. The predicted octanol–water partition coefficient (Wildman–Crippen LogP) is 3.44. The van der Waals surface area contributed by atoms with Crippen LogP contribution in [0.1, 0.15) is 43.9 Å². The number of nitrogens with one attached hydrogen (secondary N) is 2. The maximum absolute atomic E-state index is 5.65. The second kappa shape index (κ2) is 7.70. The lowest BCUT2D eigenvalue weighted by Crippen LogP contribution is -2.17. The van der Waals surface area contributed by atoms with Gasteiger partial charge in [-0.3, -0.25) is 5.10 Å². The zero-order chi connectivity index (χ0) is 14.2. The number of aromatic amines is 1. The van der Waals surface area contributed by atoms with Crippen LogP contribution in [0.3, 0.4) is 0 Å². The van der Waals surface area contributed by atoms with Crippen molar-refractivity contribution in [1.29, 1.82) is 0 Å². The van der Waals surface area contributed by atoms with Crippen molar-refractivity contribution in [3.63, 3.8) is 0 Å². The van der Waals surface area contributed by atoms with Gasteiger partial charge in [0.1, 0.15) is 5.75 Å². The van der Waals surface area contributed by atoms with Crippen LogP contribution < -0.4 is 10.1 Å². The number of hydrogen-bond donors (Lipinski definition) is 2. The normalized spacial score (nSPS) is 12.3. The monoisotopic (exact) mass is 273 g/mol. The van der Waals surface area contributed by atoms with Crippen LogP contribution in [0.5, 0.6) is 5.75 Å². The largest absolute Gasteiger partial charge is 0.494 e. The Balaban J connectivity index is 1.78. The molecule has 0 saturated carbocycles. The molecule has 4 heteroatoms. The summed E-state index contributed by atoms with van der Waals surface area (Å²) in [6, 6.07) is 8.58. The van der Waals surface area contributed by atoms with Crippen molar-refractivity contribution in [2.75, 3.05) is 6.61 Å². The topological polar surface area (TPSA) is 49.9 Å². The van der Waals surface area contributed by atoms with Crippen molar-refractivity contribution < 1.29 is 4.74 Å². The third-order valence-corrected chi connectivity index (χ3v) is 3.32. The summed E-state index contributed by atoms with van der Waals surface area (Å²) in [5, 5.41) is 10.3. The smallest absolute Gasteiger partial charge is 0.119 e. The van der Waals surface area contributed by atoms with Gasteiger partial charge in [0, 0.05) is 24.3 Å². The van der Waals surface area contributed by atoms with Gasteiger partial charge in [-0.2, -0.15) is 5.10 Å². The lowest BCUT2D eigenvalue weighted by atomic mass is 10.1. The first kappa shape index (κ1) is 14.6. The van der Waals surface area contributed by atoms with Crippen molar-refractivity contribution in [3.05, 3.63) is 47.8 Å². The fraction of sp³-hybridized carbons (Fsp3) is 0.438. The molecule has 2 rings (SSSR count). The lowest BCUT2D eigenvalue weighted by molar-refractivity contribution is 0.309. The predicted molar refractivity (Wildman–Crippen MR) is 80.7 cm³/mol. The van der Waals surface area contributed by atoms with Crippen molar-refractivity contribution in [2.45, 2.75) is 39.3 Å². The number of unbranched alkanes of at least 4 members (excludes halogenated alkanes) is 1. The standard InChI is InChI=1S/C16H23N3O/c1-3-4-9-20-16-7-5-14(6-8-16)10-17-13(2)15-11-18-19-12-15/h5-8,11-13,17H,3-4,9-10H2,1-2H3,(H,18,19). The van der Waals surface area contributed by atoms with E-state index in [0.29, 0.717) is 0 Å². The van der Waals surface area contributed by atoms with Crippen LogP contribution in [0.2, 0.25) is 0 Å². The van der Waals surface area contributed by atoms with E-state index in [9.17, 15) is 0 Å². The number of aromatic nitrogens is 2. The maximum atomic E-state index is 5.65. The highest BCUT2D eigenvalue weighted by Gasteiger charge is 2.05. The molecule has 0 fully saturated rings. The molecule has 0 amide bonds. The molecule has 1 heterocycles. The molecular formula is C16H23N3O. The fourth-order valence-corrected chi connectivity index (χ4v) is 1.92. The Labute approximate surface area is 120 Å². The van der Waals surface area contributed by atoms with Gasteiger partial charge in [-0.05, 0) is 31.0 Å². The molecule has 20 heavy (non-hydrogen) atoms. The average molecular weight is 273 g/mol. The van der Waals surface area contributed by atoms with Gasteiger partial charge in [-0.1, -0.05) is 25.5 Å². The number of ether oxygens (including phenoxy) is 1. The average Bonchev–Trinajstić information content (AvgIpc) is 3.01. The summed E-state index contributed by atoms with van der Waals surface area (Å²) in [4.78, 5) is 0. The first-order chi connectivity index (χ1) is 9.79. The van der Waals surface area contributed by atoms with Gasteiger partial charge in [0.15, 0.2) is 0 Å². The molecule has 2 aromatic rings. The van der Waals surface area contributed by atoms with Crippen molar-refractivity contribution in [2.24, 2.45) is 0 Å². The van der Waals surface area contributed by atoms with Gasteiger partial charge in [0.25, 0.3) is 0 Å². The minimum Gasteiger partial charge on any atom is -0.494 e. The first-order valence-corrected chi connectivity index (χ1v) is 7.23. The molecule has 0 bridgehead atoms. The molecule has 108 valence electrons. The Bertz CT molecular complexity index is 479. The molecule has 4 nitrogen and oxygen atoms in total. The van der Waals surface area contributed by atoms with E-state index in [2.05, 4.69) is 41.5 Å². The highest BCUT2D eigenvalue weighted by molar-refractivity contribution is 5.27. The van der Waals surface area contributed by atoms with E-state index in [1.165, 1.54) is 11.1 Å². The minimum absolute atomic E-state index is 0.286. The number of rotatable bonds is 8. The molecule has 0 aliphatic rings. The Hall–Kier alpha value is -1.81. The summed E-state index contributed by atoms with van der Waals surface area (Å²) in [7, 11) is 0. The highest BCUT2D eigenvalue weighted by atomic mass is 16.5. The molecule has 0 aliphatic heterocycles. The fourth-order valence-electron chi connectivity index (χ4n) is 1.92. The number of H-pyrrole nitrogens is 1. The molecule has 0 spiro atoms. The Morgan fingerprint density at radius 1 is 1.30 bits per heavy atom. The Morgan fingerprint density at radius 2 is 2.10 bits per heavy atom. The van der Waals surface area contributed by atoms with Gasteiger partial charge in [0.05, 0.1) is 12.8 Å². The van der Waals surface area contributed by atoms with E-state index in [1.807, 2.05) is 24.5 Å². The summed E-state index contributed by atoms with van der Waals surface area (Å²) in [6.45, 7) is 5.93. The molecule has 1 aromatic carbocycles. The van der Waals surface area contributed by atoms with E-state index in [0.717, 1.165) is 31.7 Å². The summed E-state index contributed by atoms with van der Waals surface area (Å²) < 4.78 is 5.65. The highest BCUT2D eigenvalue weighted by Crippen LogP contribution is 2.14. The van der Waals surface area contributed by atoms with Gasteiger partial charge >= 0.3 is 0 Å². The summed E-state index contributed by atoms with van der Waals surface area (Å²) in [5.41, 5.74) is 2.42. The van der Waals surface area contributed by atoms with E-state index in [1.54, 1.807) is 0 Å². The maximum Gasteiger partial charge on any atom is 0.119 e. The van der Waals surface area contributed by atoms with Gasteiger partial charge < -0.3 is 10.1 Å². The third-order valence-electron chi connectivity index (χ3n) is 3.32. The van der Waals surface area contributed by atoms with Crippen LogP contribution >= 0.6 is 0 Å². The van der Waals surface area contributed by atoms with E-state index in [4.69, 9.17) is 4.74 Å². The van der Waals surface area contributed by atoms with Crippen LogP contribution in [0, 0.1) is 0 Å². The molecule has 1 unspecified atom stereocenters. The van der Waals surface area contributed by atoms with Crippen molar-refractivity contribution in [1.82, 2.24) is 15.5 Å². The summed E-state index contributed by atoms with van der Waals surface area (Å²) in [5.74, 6) is 0.949. The molecule has 0 saturated heterocycles. The number of benzene rings is 1. The van der Waals surface area contributed by atoms with Crippen LogP contribution in [-0.4, -0.2) is 16.8 Å². The molecule has 0 aliphatic carbocycles. The van der Waals surface area contributed by atoms with Crippen LogP contribution in [-0.2, 0) is 6.54 Å². The van der Waals surface area contributed by atoms with Crippen molar-refractivity contribution >= 4 is 0 Å². The van der Waals surface area contributed by atoms with E-state index < -0.39 is 0 Å². The first-order valence-electron chi connectivity index (χ1n) is 7.23. The summed E-state index contributed by atoms with van der Waals surface area (Å²) >= 11 is 0. The molecule has 0 radical (unpaired) electrons. The molecule has 1 atom stereocenters. The van der Waals surface area contributed by atoms with Gasteiger partial charge in [-0.25, -0.2) is 0 Å². The Morgan fingerprint density at radius 3 is 2.75 bits per heavy atom. The lowest BCUT2D eigenvalue weighted by Gasteiger charge is -2.12. The van der Waals surface area contributed by atoms with Crippen LogP contribution in [0.4, 0.5) is 0 Å². The molecular weight excluding hydrogens is 250 g/mol. The zero-order valence-electron chi connectivity index (χ0n) is 12.2. The third kappa shape index (κ3) is 4.38. The molecule has 1 aromatic heterocycles. The Kier molecular flexibility index (Phi) is 5.62. The minimum atomic E-state index is 0.286. The van der Waals surface area contributed by atoms with Gasteiger partial charge in [-0.15, -0.1) is 0 Å². The number of nitrogens with zero attached hydrogens (tertiary/aromatic N) is 1. The van der Waals surface area contributed by atoms with Crippen LogP contribution in [0.25, 0.3) is 0 Å². The molecule has 2 N–H and O–H groups in total. The summed E-state index contributed by atoms with van der Waals surface area (Å²) in [6.07, 6.45) is 6.03.